The van der Waals surface area contributed by atoms with E-state index in [1.54, 1.807) is 19.3 Å². The number of nitrogens with zero attached hydrogens (tertiary/aromatic N) is 1. The maximum absolute atomic E-state index is 12.2. The number of hydrogen-bond acceptors (Lipinski definition) is 3. The van der Waals surface area contributed by atoms with Crippen LogP contribution >= 0.6 is 0 Å². The molecule has 1 saturated heterocycles. The molecule has 110 valence electrons. The highest BCUT2D eigenvalue weighted by Gasteiger charge is 2.23. The first-order valence-electron chi connectivity index (χ1n) is 7.27. The lowest BCUT2D eigenvalue weighted by Gasteiger charge is -2.29. The second-order valence-corrected chi connectivity index (χ2v) is 5.25. The van der Waals surface area contributed by atoms with Gasteiger partial charge in [-0.05, 0) is 38.3 Å². The number of likely N-dealkylation sites (tertiary alicyclic amines) is 1. The topological polar surface area (TPSA) is 62.6 Å². The zero-order chi connectivity index (χ0) is 14.4. The van der Waals surface area contributed by atoms with Crippen molar-refractivity contribution >= 4 is 11.8 Å². The summed E-state index contributed by atoms with van der Waals surface area (Å²) in [5.41, 5.74) is 0. The number of nitrogens with one attached hydrogen (secondary N) is 1. The van der Waals surface area contributed by atoms with Crippen LogP contribution in [0.15, 0.2) is 22.8 Å². The minimum absolute atomic E-state index is 0.0241. The molecule has 1 fully saturated rings. The molecule has 0 bridgehead atoms. The maximum atomic E-state index is 12.2. The van der Waals surface area contributed by atoms with Crippen molar-refractivity contribution in [3.63, 3.8) is 0 Å². The van der Waals surface area contributed by atoms with Gasteiger partial charge in [0.2, 0.25) is 11.8 Å². The van der Waals surface area contributed by atoms with Gasteiger partial charge in [0.15, 0.2) is 0 Å². The minimum atomic E-state index is -0.447. The summed E-state index contributed by atoms with van der Waals surface area (Å²) in [5, 5.41) is 2.77. The summed E-state index contributed by atoms with van der Waals surface area (Å²) < 4.78 is 5.18. The average Bonchev–Trinajstić information content (AvgIpc) is 2.98. The number of amides is 2. The highest BCUT2D eigenvalue weighted by atomic mass is 16.3. The van der Waals surface area contributed by atoms with E-state index in [-0.39, 0.29) is 11.8 Å². The van der Waals surface area contributed by atoms with Crippen molar-refractivity contribution in [3.05, 3.63) is 24.2 Å². The van der Waals surface area contributed by atoms with Crippen molar-refractivity contribution in [1.82, 2.24) is 10.2 Å². The Bertz CT molecular complexity index is 436. The highest BCUT2D eigenvalue weighted by Crippen LogP contribution is 2.10. The summed E-state index contributed by atoms with van der Waals surface area (Å²) in [7, 11) is 0. The molecule has 0 radical (unpaired) electrons. The summed E-state index contributed by atoms with van der Waals surface area (Å²) in [6, 6.07) is 3.20. The second kappa shape index (κ2) is 7.12. The minimum Gasteiger partial charge on any atom is -0.469 e. The summed E-state index contributed by atoms with van der Waals surface area (Å²) in [6.45, 7) is 3.37. The van der Waals surface area contributed by atoms with Gasteiger partial charge >= 0.3 is 0 Å². The molecule has 0 spiro atoms. The average molecular weight is 278 g/mol. The molecule has 1 N–H and O–H groups in total. The van der Waals surface area contributed by atoms with Gasteiger partial charge in [-0.15, -0.1) is 0 Å². The summed E-state index contributed by atoms with van der Waals surface area (Å²) in [4.78, 5) is 25.8. The van der Waals surface area contributed by atoms with Gasteiger partial charge in [-0.1, -0.05) is 0 Å². The number of furan rings is 1. The van der Waals surface area contributed by atoms with Crippen molar-refractivity contribution in [2.45, 2.75) is 45.1 Å². The molecule has 20 heavy (non-hydrogen) atoms. The Balaban J connectivity index is 1.73. The molecular formula is C15H22N2O3. The number of hydrogen-bond donors (Lipinski definition) is 1. The fourth-order valence-electron chi connectivity index (χ4n) is 2.46. The normalized spacial score (nSPS) is 16.8. The van der Waals surface area contributed by atoms with Crippen LogP contribution < -0.4 is 5.32 Å². The first-order chi connectivity index (χ1) is 9.66. The van der Waals surface area contributed by atoms with Gasteiger partial charge in [0.25, 0.3) is 0 Å². The Morgan fingerprint density at radius 1 is 1.35 bits per heavy atom. The zero-order valence-electron chi connectivity index (χ0n) is 11.9. The second-order valence-electron chi connectivity index (χ2n) is 5.25. The SMILES string of the molecule is CC(NC(=O)CCc1ccco1)C(=O)N1CCCCC1. The highest BCUT2D eigenvalue weighted by molar-refractivity contribution is 5.87. The number of carbonyl (C=O) groups excluding carboxylic acids is 2. The molecule has 0 aromatic carbocycles. The summed E-state index contributed by atoms with van der Waals surface area (Å²) in [6.07, 6.45) is 5.80. The number of carbonyl (C=O) groups is 2. The van der Waals surface area contributed by atoms with Crippen molar-refractivity contribution in [2.75, 3.05) is 13.1 Å². The van der Waals surface area contributed by atoms with E-state index in [0.29, 0.717) is 12.8 Å². The van der Waals surface area contributed by atoms with E-state index in [2.05, 4.69) is 5.32 Å². The molecule has 1 aliphatic rings. The van der Waals surface area contributed by atoms with Crippen LogP contribution in [0.5, 0.6) is 0 Å². The van der Waals surface area contributed by atoms with E-state index < -0.39 is 6.04 Å². The molecule has 2 amide bonds. The van der Waals surface area contributed by atoms with Crippen LogP contribution in [0.2, 0.25) is 0 Å². The van der Waals surface area contributed by atoms with Gasteiger partial charge in [0, 0.05) is 25.9 Å². The third-order valence-electron chi connectivity index (χ3n) is 3.59. The predicted octanol–water partition coefficient (Wildman–Crippen LogP) is 1.73. The lowest BCUT2D eigenvalue weighted by Crippen LogP contribution is -2.48. The third kappa shape index (κ3) is 4.11. The number of aryl methyl sites for hydroxylation is 1. The monoisotopic (exact) mass is 278 g/mol. The summed E-state index contributed by atoms with van der Waals surface area (Å²) >= 11 is 0. The van der Waals surface area contributed by atoms with Crippen LogP contribution in [-0.4, -0.2) is 35.8 Å². The Hall–Kier alpha value is -1.78. The van der Waals surface area contributed by atoms with Gasteiger partial charge in [-0.3, -0.25) is 9.59 Å². The summed E-state index contributed by atoms with van der Waals surface area (Å²) in [5.74, 6) is 0.700. The zero-order valence-corrected chi connectivity index (χ0v) is 11.9. The smallest absolute Gasteiger partial charge is 0.244 e. The fourth-order valence-corrected chi connectivity index (χ4v) is 2.46. The van der Waals surface area contributed by atoms with Crippen molar-refractivity contribution in [2.24, 2.45) is 0 Å². The van der Waals surface area contributed by atoms with Gasteiger partial charge in [0.05, 0.1) is 6.26 Å². The van der Waals surface area contributed by atoms with Crippen molar-refractivity contribution in [1.29, 1.82) is 0 Å². The number of piperidine rings is 1. The first-order valence-corrected chi connectivity index (χ1v) is 7.27. The Kier molecular flexibility index (Phi) is 5.21. The molecule has 0 saturated carbocycles. The van der Waals surface area contributed by atoms with Crippen molar-refractivity contribution < 1.29 is 14.0 Å². The molecule has 1 aromatic rings. The molecule has 1 aromatic heterocycles. The van der Waals surface area contributed by atoms with Crippen LogP contribution in [0.1, 0.15) is 38.4 Å². The standard InChI is InChI=1S/C15H22N2O3/c1-12(15(19)17-9-3-2-4-10-17)16-14(18)8-7-13-6-5-11-20-13/h5-6,11-12H,2-4,7-10H2,1H3,(H,16,18). The van der Waals surface area contributed by atoms with Gasteiger partial charge < -0.3 is 14.6 Å². The van der Waals surface area contributed by atoms with Gasteiger partial charge in [-0.2, -0.15) is 0 Å². The Morgan fingerprint density at radius 2 is 2.10 bits per heavy atom. The molecule has 0 aliphatic carbocycles. The first kappa shape index (κ1) is 14.6. The van der Waals surface area contributed by atoms with Gasteiger partial charge in [0.1, 0.15) is 11.8 Å². The van der Waals surface area contributed by atoms with Crippen molar-refractivity contribution in [3.8, 4) is 0 Å². The van der Waals surface area contributed by atoms with Crippen LogP contribution in [0.25, 0.3) is 0 Å². The van der Waals surface area contributed by atoms with E-state index in [9.17, 15) is 9.59 Å². The molecule has 1 unspecified atom stereocenters. The fraction of sp³-hybridized carbons (Fsp3) is 0.600. The Labute approximate surface area is 119 Å². The largest absolute Gasteiger partial charge is 0.469 e. The predicted molar refractivity (Wildman–Crippen MR) is 75.1 cm³/mol. The molecule has 1 aliphatic heterocycles. The molecule has 5 nitrogen and oxygen atoms in total. The molecule has 2 rings (SSSR count). The van der Waals surface area contributed by atoms with E-state index >= 15 is 0 Å². The van der Waals surface area contributed by atoms with E-state index in [1.165, 1.54) is 6.42 Å². The Morgan fingerprint density at radius 3 is 2.75 bits per heavy atom. The van der Waals surface area contributed by atoms with E-state index in [0.717, 1.165) is 31.7 Å². The third-order valence-corrected chi connectivity index (χ3v) is 3.59. The quantitative estimate of drug-likeness (QED) is 0.892. The molecular weight excluding hydrogens is 256 g/mol. The molecule has 5 heteroatoms. The number of rotatable bonds is 5. The lowest BCUT2D eigenvalue weighted by molar-refractivity contribution is -0.136. The van der Waals surface area contributed by atoms with Gasteiger partial charge in [-0.25, -0.2) is 0 Å². The van der Waals surface area contributed by atoms with Crippen LogP contribution in [0.3, 0.4) is 0 Å². The van der Waals surface area contributed by atoms with E-state index in [4.69, 9.17) is 4.42 Å². The van der Waals surface area contributed by atoms with E-state index in [1.807, 2.05) is 11.0 Å². The molecule has 1 atom stereocenters. The van der Waals surface area contributed by atoms with Crippen LogP contribution in [-0.2, 0) is 16.0 Å². The molecule has 2 heterocycles. The lowest BCUT2D eigenvalue weighted by atomic mass is 10.1. The van der Waals surface area contributed by atoms with Crippen LogP contribution in [0.4, 0.5) is 0 Å². The maximum Gasteiger partial charge on any atom is 0.244 e. The van der Waals surface area contributed by atoms with Crippen LogP contribution in [0, 0.1) is 0 Å².